The molecule has 1 N–H and O–H groups in total. The zero-order valence-electron chi connectivity index (χ0n) is 15.6. The first-order valence-electron chi connectivity index (χ1n) is 8.72. The number of hydrogen-bond donors (Lipinski definition) is 1. The van der Waals surface area contributed by atoms with E-state index >= 15 is 0 Å². The first-order chi connectivity index (χ1) is 13.0. The third-order valence-electron chi connectivity index (χ3n) is 4.22. The van der Waals surface area contributed by atoms with Crippen molar-refractivity contribution in [3.05, 3.63) is 64.9 Å². The Kier molecular flexibility index (Phi) is 5.45. The van der Waals surface area contributed by atoms with E-state index < -0.39 is 6.03 Å². The summed E-state index contributed by atoms with van der Waals surface area (Å²) in [4.78, 5) is 26.1. The lowest BCUT2D eigenvalue weighted by Gasteiger charge is -2.12. The van der Waals surface area contributed by atoms with Crippen LogP contribution in [0.5, 0.6) is 11.5 Å². The molecule has 0 bridgehead atoms. The molecule has 0 aliphatic carbocycles. The largest absolute Gasteiger partial charge is 0.493 e. The summed E-state index contributed by atoms with van der Waals surface area (Å²) in [6, 6.07) is 12.7. The third-order valence-corrected chi connectivity index (χ3v) is 4.22. The van der Waals surface area contributed by atoms with E-state index in [9.17, 15) is 9.59 Å². The van der Waals surface area contributed by atoms with E-state index in [1.54, 1.807) is 31.4 Å². The number of benzene rings is 2. The van der Waals surface area contributed by atoms with Crippen LogP contribution in [0.15, 0.2) is 48.2 Å². The first-order valence-corrected chi connectivity index (χ1v) is 8.72. The number of methoxy groups -OCH3 is 1. The first kappa shape index (κ1) is 18.5. The van der Waals surface area contributed by atoms with E-state index in [2.05, 4.69) is 5.32 Å². The summed E-state index contributed by atoms with van der Waals surface area (Å²) in [5.41, 5.74) is 2.99. The van der Waals surface area contributed by atoms with Crippen LogP contribution in [0.4, 0.5) is 4.79 Å². The van der Waals surface area contributed by atoms with Gasteiger partial charge in [-0.2, -0.15) is 0 Å². The smallest absolute Gasteiger partial charge is 0.329 e. The second-order valence-corrected chi connectivity index (χ2v) is 6.21. The van der Waals surface area contributed by atoms with Gasteiger partial charge in [-0.05, 0) is 43.2 Å². The maximum absolute atomic E-state index is 12.6. The highest BCUT2D eigenvalue weighted by atomic mass is 16.5. The predicted octanol–water partition coefficient (Wildman–Crippen LogP) is 3.50. The molecule has 1 aliphatic rings. The minimum absolute atomic E-state index is 0.231. The number of aryl methyl sites for hydroxylation is 1. The topological polar surface area (TPSA) is 67.9 Å². The van der Waals surface area contributed by atoms with Crippen molar-refractivity contribution in [3.63, 3.8) is 0 Å². The molecule has 1 saturated heterocycles. The number of hydrogen-bond acceptors (Lipinski definition) is 4. The summed E-state index contributed by atoms with van der Waals surface area (Å²) in [6.07, 6.45) is 1.64. The average molecular weight is 366 g/mol. The fourth-order valence-electron chi connectivity index (χ4n) is 2.81. The molecule has 1 aliphatic heterocycles. The summed E-state index contributed by atoms with van der Waals surface area (Å²) in [7, 11) is 1.57. The van der Waals surface area contributed by atoms with Gasteiger partial charge in [-0.3, -0.25) is 9.69 Å². The number of ether oxygens (including phenoxy) is 2. The Balaban J connectivity index is 1.81. The molecule has 2 aromatic rings. The highest BCUT2D eigenvalue weighted by molar-refractivity contribution is 6.13. The Labute approximate surface area is 158 Å². The normalized spacial score (nSPS) is 15.2. The zero-order chi connectivity index (χ0) is 19.4. The summed E-state index contributed by atoms with van der Waals surface area (Å²) >= 11 is 0. The van der Waals surface area contributed by atoms with Crippen LogP contribution in [-0.4, -0.2) is 30.6 Å². The van der Waals surface area contributed by atoms with Crippen LogP contribution < -0.4 is 14.8 Å². The Bertz CT molecular complexity index is 888. The molecular weight excluding hydrogens is 344 g/mol. The van der Waals surface area contributed by atoms with Crippen molar-refractivity contribution in [3.8, 4) is 11.5 Å². The molecule has 1 fully saturated rings. The van der Waals surface area contributed by atoms with Crippen molar-refractivity contribution < 1.29 is 19.1 Å². The van der Waals surface area contributed by atoms with Gasteiger partial charge in [0.15, 0.2) is 11.5 Å². The zero-order valence-corrected chi connectivity index (χ0v) is 15.6. The Morgan fingerprint density at radius 3 is 2.48 bits per heavy atom. The number of imide groups is 1. The van der Waals surface area contributed by atoms with Crippen LogP contribution in [0, 0.1) is 6.92 Å². The lowest BCUT2D eigenvalue weighted by Crippen LogP contribution is -2.30. The molecule has 0 radical (unpaired) electrons. The molecule has 0 unspecified atom stereocenters. The highest BCUT2D eigenvalue weighted by Gasteiger charge is 2.33. The van der Waals surface area contributed by atoms with Crippen molar-refractivity contribution in [2.24, 2.45) is 0 Å². The van der Waals surface area contributed by atoms with Gasteiger partial charge in [0, 0.05) is 0 Å². The van der Waals surface area contributed by atoms with Gasteiger partial charge in [0.05, 0.1) is 20.3 Å². The molecule has 27 heavy (non-hydrogen) atoms. The fraction of sp³-hybridized carbons (Fsp3) is 0.238. The van der Waals surface area contributed by atoms with E-state index in [0.717, 1.165) is 16.7 Å². The summed E-state index contributed by atoms with van der Waals surface area (Å²) in [5.74, 6) is 0.846. The van der Waals surface area contributed by atoms with Gasteiger partial charge in [-0.1, -0.05) is 35.9 Å². The standard InChI is InChI=1S/C21H22N2O4/c1-4-27-19-12-16(9-10-18(19)26-3)11-17-20(24)23(21(25)22-17)13-15-7-5-14(2)6-8-15/h5-12H,4,13H2,1-3H3,(H,22,25)/b17-11+. The Hall–Kier alpha value is -3.28. The van der Waals surface area contributed by atoms with Crippen molar-refractivity contribution in [2.75, 3.05) is 13.7 Å². The lowest BCUT2D eigenvalue weighted by atomic mass is 10.1. The van der Waals surface area contributed by atoms with Gasteiger partial charge in [0.2, 0.25) is 0 Å². The SMILES string of the molecule is CCOc1cc(/C=C2/NC(=O)N(Cc3ccc(C)cc3)C2=O)ccc1OC. The van der Waals surface area contributed by atoms with Crippen LogP contribution in [0.25, 0.3) is 6.08 Å². The van der Waals surface area contributed by atoms with E-state index in [1.807, 2.05) is 38.1 Å². The van der Waals surface area contributed by atoms with Crippen LogP contribution in [0.3, 0.4) is 0 Å². The molecule has 6 heteroatoms. The van der Waals surface area contributed by atoms with Crippen molar-refractivity contribution in [2.45, 2.75) is 20.4 Å². The molecule has 2 aromatic carbocycles. The van der Waals surface area contributed by atoms with Gasteiger partial charge < -0.3 is 14.8 Å². The lowest BCUT2D eigenvalue weighted by molar-refractivity contribution is -0.123. The molecule has 1 heterocycles. The van der Waals surface area contributed by atoms with Crippen LogP contribution in [0.1, 0.15) is 23.6 Å². The quantitative estimate of drug-likeness (QED) is 0.628. The summed E-state index contributed by atoms with van der Waals surface area (Å²) in [6.45, 7) is 4.60. The van der Waals surface area contributed by atoms with E-state index in [4.69, 9.17) is 9.47 Å². The Morgan fingerprint density at radius 1 is 1.07 bits per heavy atom. The second-order valence-electron chi connectivity index (χ2n) is 6.21. The molecule has 0 atom stereocenters. The molecule has 140 valence electrons. The number of carbonyl (C=O) groups is 2. The van der Waals surface area contributed by atoms with Gasteiger partial charge in [0.1, 0.15) is 5.70 Å². The maximum Gasteiger partial charge on any atom is 0.329 e. The molecule has 6 nitrogen and oxygen atoms in total. The molecule has 0 aromatic heterocycles. The maximum atomic E-state index is 12.6. The Morgan fingerprint density at radius 2 is 1.81 bits per heavy atom. The molecule has 0 spiro atoms. The van der Waals surface area contributed by atoms with Gasteiger partial charge in [0.25, 0.3) is 5.91 Å². The van der Waals surface area contributed by atoms with E-state index in [1.165, 1.54) is 4.90 Å². The van der Waals surface area contributed by atoms with Crippen LogP contribution in [0.2, 0.25) is 0 Å². The minimum atomic E-state index is -0.426. The number of nitrogens with zero attached hydrogens (tertiary/aromatic N) is 1. The summed E-state index contributed by atoms with van der Waals surface area (Å²) in [5, 5.41) is 2.64. The average Bonchev–Trinajstić information content (AvgIpc) is 2.91. The van der Waals surface area contributed by atoms with Crippen molar-refractivity contribution in [1.82, 2.24) is 10.2 Å². The number of urea groups is 1. The summed E-state index contributed by atoms with van der Waals surface area (Å²) < 4.78 is 10.8. The van der Waals surface area contributed by atoms with Crippen LogP contribution >= 0.6 is 0 Å². The van der Waals surface area contributed by atoms with Crippen molar-refractivity contribution >= 4 is 18.0 Å². The highest BCUT2D eigenvalue weighted by Crippen LogP contribution is 2.29. The number of amides is 3. The van der Waals surface area contributed by atoms with E-state index in [-0.39, 0.29) is 18.1 Å². The second kappa shape index (κ2) is 7.95. The number of rotatable bonds is 6. The fourth-order valence-corrected chi connectivity index (χ4v) is 2.81. The van der Waals surface area contributed by atoms with Gasteiger partial charge >= 0.3 is 6.03 Å². The van der Waals surface area contributed by atoms with Gasteiger partial charge in [-0.25, -0.2) is 4.79 Å². The monoisotopic (exact) mass is 366 g/mol. The third kappa shape index (κ3) is 4.11. The van der Waals surface area contributed by atoms with Gasteiger partial charge in [-0.15, -0.1) is 0 Å². The molecular formula is C21H22N2O4. The predicted molar refractivity (Wildman–Crippen MR) is 102 cm³/mol. The van der Waals surface area contributed by atoms with Crippen LogP contribution in [-0.2, 0) is 11.3 Å². The number of nitrogens with one attached hydrogen (secondary N) is 1. The number of carbonyl (C=O) groups excluding carboxylic acids is 2. The molecule has 3 rings (SSSR count). The van der Waals surface area contributed by atoms with E-state index in [0.29, 0.717) is 18.1 Å². The minimum Gasteiger partial charge on any atom is -0.493 e. The van der Waals surface area contributed by atoms with Crippen molar-refractivity contribution in [1.29, 1.82) is 0 Å². The molecule has 3 amide bonds. The molecule has 0 saturated carbocycles.